The van der Waals surface area contributed by atoms with Gasteiger partial charge in [-0.25, -0.2) is 28.6 Å². The average Bonchev–Trinajstić information content (AvgIpc) is 3.76. The number of aromatic nitrogens is 4. The van der Waals surface area contributed by atoms with E-state index < -0.39 is 90.7 Å². The topological polar surface area (TPSA) is 384 Å². The summed E-state index contributed by atoms with van der Waals surface area (Å²) < 4.78 is 62.3. The summed E-state index contributed by atoms with van der Waals surface area (Å²) in [4.78, 5) is 88.3. The van der Waals surface area contributed by atoms with E-state index in [2.05, 4.69) is 48.3 Å². The van der Waals surface area contributed by atoms with Crippen molar-refractivity contribution in [2.24, 2.45) is 11.3 Å². The Morgan fingerprint density at radius 1 is 0.923 bits per heavy atom. The van der Waals surface area contributed by atoms with E-state index in [0.29, 0.717) is 6.42 Å². The first-order valence-electron chi connectivity index (χ1n) is 21.0. The lowest BCUT2D eigenvalue weighted by Crippen LogP contribution is -2.46. The van der Waals surface area contributed by atoms with Crippen molar-refractivity contribution < 1.29 is 85.6 Å². The number of nitrogen functional groups attached to an aromatic ring is 1. The summed E-state index contributed by atoms with van der Waals surface area (Å²) in [6.45, 7) is 4.86. The largest absolute Gasteiger partial charge is 0.481 e. The standard InChI is InChI=1S/C36H64N7O18P3S/c1-23(2)12-10-8-6-5-7-9-11-13-24(44)18-27(46)65-17-16-38-26(45)14-15-39-34(49)31(48)36(3,4)20-58-64(55,56)61-63(53,54)57-19-25-30(60-62(50,51)52)29(47)35(59-25)43-22-42-28-32(37)40-21-41-33(28)43/h21-25,29-31,35,44,47-48H,5-20H2,1-4H3,(H,38,45)(H,39,49)(H,53,54)(H,55,56)(H2,37,40,41)(H2,50,51,52)/t24?,25-,29-,30-,31+,35-/m1/s1. The maximum absolute atomic E-state index is 12.7. The number of phosphoric acid groups is 3. The molecule has 0 bridgehead atoms. The van der Waals surface area contributed by atoms with Crippen molar-refractivity contribution in [2.45, 2.75) is 135 Å². The molecule has 1 fully saturated rings. The highest BCUT2D eigenvalue weighted by atomic mass is 32.2. The van der Waals surface area contributed by atoms with Crippen LogP contribution in [-0.4, -0.2) is 134 Å². The monoisotopic (exact) mass is 1010 g/mol. The molecule has 29 heteroatoms. The smallest absolute Gasteiger partial charge is 0.393 e. The SMILES string of the molecule is CC(C)CCCCCCCCCC(O)CC(=O)SCCNC(=O)CCNC(=O)[C@H](O)C(C)(C)COP(=O)(O)OP(=O)(O)OC[C@H]1O[C@@H](n2cnc3c(N)ncnc32)[C@H](O)[C@@H]1OP(=O)(O)O. The number of ether oxygens (including phenoxy) is 1. The summed E-state index contributed by atoms with van der Waals surface area (Å²) in [6, 6.07) is 0. The summed E-state index contributed by atoms with van der Waals surface area (Å²) in [5.74, 6) is -0.485. The van der Waals surface area contributed by atoms with Gasteiger partial charge in [-0.3, -0.25) is 32.5 Å². The van der Waals surface area contributed by atoms with Crippen LogP contribution >= 0.6 is 35.2 Å². The van der Waals surface area contributed by atoms with E-state index in [1.54, 1.807) is 0 Å². The van der Waals surface area contributed by atoms with Gasteiger partial charge in [0.2, 0.25) is 11.8 Å². The number of nitrogens with two attached hydrogens (primary N) is 1. The second-order valence-corrected chi connectivity index (χ2v) is 22.0. The van der Waals surface area contributed by atoms with E-state index >= 15 is 0 Å². The number of carbonyl (C=O) groups is 3. The lowest BCUT2D eigenvalue weighted by Gasteiger charge is -2.30. The Morgan fingerprint density at radius 3 is 2.20 bits per heavy atom. The number of phosphoric ester groups is 3. The normalized spacial score (nSPS) is 20.9. The number of thioether (sulfide) groups is 1. The molecule has 8 atom stereocenters. The van der Waals surface area contributed by atoms with Crippen LogP contribution in [0.1, 0.15) is 105 Å². The van der Waals surface area contributed by atoms with Gasteiger partial charge < -0.3 is 56.0 Å². The van der Waals surface area contributed by atoms with Crippen molar-refractivity contribution >= 4 is 69.1 Å². The zero-order chi connectivity index (χ0) is 48.6. The highest BCUT2D eigenvalue weighted by Crippen LogP contribution is 2.61. The quantitative estimate of drug-likeness (QED) is 0.0383. The van der Waals surface area contributed by atoms with Crippen LogP contribution in [0.3, 0.4) is 0 Å². The van der Waals surface area contributed by atoms with E-state index in [0.717, 1.165) is 54.2 Å². The van der Waals surface area contributed by atoms with Gasteiger partial charge in [-0.2, -0.15) is 4.31 Å². The van der Waals surface area contributed by atoms with Crippen molar-refractivity contribution in [1.29, 1.82) is 0 Å². The minimum absolute atomic E-state index is 0.0235. The van der Waals surface area contributed by atoms with Crippen molar-refractivity contribution in [2.75, 3.05) is 37.8 Å². The number of anilines is 1. The molecule has 2 aromatic heterocycles. The molecule has 0 aromatic carbocycles. The third kappa shape index (κ3) is 20.3. The van der Waals surface area contributed by atoms with E-state index in [4.69, 9.17) is 19.5 Å². The molecule has 65 heavy (non-hydrogen) atoms. The zero-order valence-electron chi connectivity index (χ0n) is 36.7. The van der Waals surface area contributed by atoms with Gasteiger partial charge in [-0.1, -0.05) is 90.8 Å². The highest BCUT2D eigenvalue weighted by molar-refractivity contribution is 8.13. The number of carbonyl (C=O) groups excluding carboxylic acids is 3. The van der Waals surface area contributed by atoms with Crippen LogP contribution in [0, 0.1) is 11.3 Å². The second kappa shape index (κ2) is 26.3. The van der Waals surface area contributed by atoms with Crippen molar-refractivity contribution in [3.05, 3.63) is 12.7 Å². The van der Waals surface area contributed by atoms with E-state index in [-0.39, 0.29) is 53.8 Å². The first kappa shape index (κ1) is 56.8. The first-order valence-corrected chi connectivity index (χ1v) is 26.5. The summed E-state index contributed by atoms with van der Waals surface area (Å²) >= 11 is 0.995. The first-order chi connectivity index (χ1) is 30.3. The van der Waals surface area contributed by atoms with Gasteiger partial charge >= 0.3 is 23.5 Å². The van der Waals surface area contributed by atoms with E-state index in [1.807, 2.05) is 0 Å². The molecule has 0 spiro atoms. The minimum Gasteiger partial charge on any atom is -0.393 e. The van der Waals surface area contributed by atoms with Gasteiger partial charge in [0, 0.05) is 37.1 Å². The second-order valence-electron chi connectivity index (χ2n) is 16.6. The number of aliphatic hydroxyl groups is 3. The lowest BCUT2D eigenvalue weighted by molar-refractivity contribution is -0.137. The molecule has 2 amide bonds. The fourth-order valence-corrected chi connectivity index (χ4v) is 10.0. The van der Waals surface area contributed by atoms with Crippen molar-refractivity contribution in [3.8, 4) is 0 Å². The third-order valence-corrected chi connectivity index (χ3v) is 14.0. The van der Waals surface area contributed by atoms with Crippen LogP contribution in [0.15, 0.2) is 12.7 Å². The molecule has 372 valence electrons. The number of unbranched alkanes of at least 4 members (excludes halogenated alkanes) is 6. The molecule has 3 unspecified atom stereocenters. The van der Waals surface area contributed by atoms with Gasteiger partial charge in [0.05, 0.1) is 25.6 Å². The number of fused-ring (bicyclic) bond motifs is 1. The number of imidazole rings is 1. The Hall–Kier alpha value is -2.48. The van der Waals surface area contributed by atoms with Crippen LogP contribution in [0.5, 0.6) is 0 Å². The molecule has 1 saturated heterocycles. The molecule has 1 aliphatic heterocycles. The fourth-order valence-electron chi connectivity index (χ4n) is 6.46. The minimum atomic E-state index is -5.58. The Labute approximate surface area is 380 Å². The Kier molecular flexibility index (Phi) is 23.0. The molecule has 3 rings (SSSR count). The number of hydrogen-bond donors (Lipinski definition) is 10. The van der Waals surface area contributed by atoms with Gasteiger partial charge in [0.25, 0.3) is 0 Å². The van der Waals surface area contributed by atoms with Gasteiger partial charge in [0.1, 0.15) is 36.3 Å². The Balaban J connectivity index is 1.35. The number of rotatable bonds is 31. The van der Waals surface area contributed by atoms with E-state index in [9.17, 15) is 63.0 Å². The lowest BCUT2D eigenvalue weighted by atomic mass is 9.87. The summed E-state index contributed by atoms with van der Waals surface area (Å²) in [6.07, 6.45) is 2.02. The number of nitrogens with zero attached hydrogens (tertiary/aromatic N) is 4. The summed E-state index contributed by atoms with van der Waals surface area (Å²) in [5.41, 5.74) is 4.25. The number of amides is 2. The Bertz CT molecular complexity index is 1990. The highest BCUT2D eigenvalue weighted by Gasteiger charge is 2.50. The fraction of sp³-hybridized carbons (Fsp3) is 0.778. The van der Waals surface area contributed by atoms with Gasteiger partial charge in [-0.05, 0) is 12.3 Å². The van der Waals surface area contributed by atoms with Crippen LogP contribution < -0.4 is 16.4 Å². The average molecular weight is 1010 g/mol. The van der Waals surface area contributed by atoms with Crippen molar-refractivity contribution in [1.82, 2.24) is 30.2 Å². The molecule has 0 saturated carbocycles. The molecule has 2 aromatic rings. The van der Waals surface area contributed by atoms with Gasteiger partial charge in [0.15, 0.2) is 22.8 Å². The third-order valence-electron chi connectivity index (χ3n) is 9.99. The van der Waals surface area contributed by atoms with Crippen LogP contribution in [0.4, 0.5) is 5.82 Å². The molecule has 1 aliphatic rings. The van der Waals surface area contributed by atoms with Crippen LogP contribution in [0.25, 0.3) is 11.2 Å². The van der Waals surface area contributed by atoms with Crippen LogP contribution in [0.2, 0.25) is 0 Å². The van der Waals surface area contributed by atoms with Gasteiger partial charge in [-0.15, -0.1) is 0 Å². The number of aliphatic hydroxyl groups excluding tert-OH is 3. The molecular weight excluding hydrogens is 943 g/mol. The Morgan fingerprint density at radius 2 is 1.55 bits per heavy atom. The van der Waals surface area contributed by atoms with E-state index in [1.165, 1.54) is 46.0 Å². The molecule has 0 radical (unpaired) electrons. The number of nitrogens with one attached hydrogen (secondary N) is 2. The predicted octanol–water partition coefficient (Wildman–Crippen LogP) is 2.58. The maximum atomic E-state index is 12.7. The predicted molar refractivity (Wildman–Crippen MR) is 234 cm³/mol. The molecule has 11 N–H and O–H groups in total. The molecule has 3 heterocycles. The zero-order valence-corrected chi connectivity index (χ0v) is 40.2. The number of hydrogen-bond acceptors (Lipinski definition) is 19. The summed E-state index contributed by atoms with van der Waals surface area (Å²) in [7, 11) is -16.4. The summed E-state index contributed by atoms with van der Waals surface area (Å²) in [5, 5.41) is 36.5. The van der Waals surface area contributed by atoms with Crippen molar-refractivity contribution in [3.63, 3.8) is 0 Å². The van der Waals surface area contributed by atoms with Crippen LogP contribution in [-0.2, 0) is 50.7 Å². The molecular formula is C36H64N7O18P3S. The maximum Gasteiger partial charge on any atom is 0.481 e. The molecule has 25 nitrogen and oxygen atoms in total. The molecule has 0 aliphatic carbocycles.